The van der Waals surface area contributed by atoms with Crippen molar-refractivity contribution in [1.29, 1.82) is 0 Å². The smallest absolute Gasteiger partial charge is 0.334 e. The van der Waals surface area contributed by atoms with Gasteiger partial charge in [0, 0.05) is 26.2 Å². The third-order valence-corrected chi connectivity index (χ3v) is 3.20. The van der Waals surface area contributed by atoms with Gasteiger partial charge >= 0.3 is 12.1 Å². The highest BCUT2D eigenvalue weighted by Gasteiger charge is 2.48. The van der Waals surface area contributed by atoms with Crippen molar-refractivity contribution in [2.24, 2.45) is 11.8 Å². The lowest BCUT2D eigenvalue weighted by Crippen LogP contribution is -2.41. The molecule has 0 N–H and O–H groups in total. The molecule has 2 rings (SSSR count). The van der Waals surface area contributed by atoms with Crippen molar-refractivity contribution >= 4 is 5.91 Å². The Hall–Kier alpha value is -0.780. The predicted molar refractivity (Wildman–Crippen MR) is 69.8 cm³/mol. The van der Waals surface area contributed by atoms with Gasteiger partial charge in [0.2, 0.25) is 0 Å². The Kier molecular flexibility index (Phi) is 7.41. The summed E-state index contributed by atoms with van der Waals surface area (Å²) in [6.07, 6.45) is -4.72. The van der Waals surface area contributed by atoms with Crippen molar-refractivity contribution in [2.45, 2.75) is 33.9 Å². The van der Waals surface area contributed by atoms with Crippen LogP contribution in [0.2, 0.25) is 0 Å². The molecule has 1 amide bonds. The van der Waals surface area contributed by atoms with E-state index in [-0.39, 0.29) is 24.9 Å². The van der Waals surface area contributed by atoms with E-state index >= 15 is 0 Å². The minimum absolute atomic E-state index is 0.223. The number of amides is 1. The normalized spacial score (nSPS) is 26.0. The SMILES string of the molecule is CC.CC.CN1CC2CN(C(=O)C(F)(F)F)CC2C1. The molecule has 0 aromatic rings. The lowest BCUT2D eigenvalue weighted by Gasteiger charge is -2.20. The van der Waals surface area contributed by atoms with Crippen LogP contribution >= 0.6 is 0 Å². The fourth-order valence-corrected chi connectivity index (χ4v) is 2.57. The first-order valence-corrected chi connectivity index (χ1v) is 6.92. The van der Waals surface area contributed by atoms with Crippen molar-refractivity contribution in [3.05, 3.63) is 0 Å². The number of fused-ring (bicyclic) bond motifs is 1. The zero-order valence-corrected chi connectivity index (χ0v) is 12.4. The number of alkyl halides is 3. The van der Waals surface area contributed by atoms with Gasteiger partial charge < -0.3 is 9.80 Å². The number of carbonyl (C=O) groups excluding carboxylic acids is 1. The number of rotatable bonds is 0. The number of hydrogen-bond donors (Lipinski definition) is 0. The van der Waals surface area contributed by atoms with Crippen LogP contribution in [0.1, 0.15) is 27.7 Å². The topological polar surface area (TPSA) is 23.6 Å². The summed E-state index contributed by atoms with van der Waals surface area (Å²) < 4.78 is 36.5. The summed E-state index contributed by atoms with van der Waals surface area (Å²) in [5.74, 6) is -1.23. The fourth-order valence-electron chi connectivity index (χ4n) is 2.57. The van der Waals surface area contributed by atoms with E-state index < -0.39 is 12.1 Å². The van der Waals surface area contributed by atoms with Crippen LogP contribution in [0.5, 0.6) is 0 Å². The van der Waals surface area contributed by atoms with E-state index in [1.165, 1.54) is 0 Å². The van der Waals surface area contributed by atoms with E-state index in [9.17, 15) is 18.0 Å². The van der Waals surface area contributed by atoms with Crippen molar-refractivity contribution in [3.63, 3.8) is 0 Å². The predicted octanol–water partition coefficient (Wildman–Crippen LogP) is 2.62. The Morgan fingerprint density at radius 2 is 1.32 bits per heavy atom. The summed E-state index contributed by atoms with van der Waals surface area (Å²) in [5.41, 5.74) is 0. The molecule has 0 aromatic heterocycles. The highest BCUT2D eigenvalue weighted by atomic mass is 19.4. The number of likely N-dealkylation sites (tertiary alicyclic amines) is 2. The summed E-state index contributed by atoms with van der Waals surface area (Å²) >= 11 is 0. The highest BCUT2D eigenvalue weighted by molar-refractivity contribution is 5.82. The van der Waals surface area contributed by atoms with Gasteiger partial charge in [-0.2, -0.15) is 13.2 Å². The third kappa shape index (κ3) is 4.67. The third-order valence-electron chi connectivity index (χ3n) is 3.20. The molecule has 0 spiro atoms. The minimum Gasteiger partial charge on any atom is -0.334 e. The van der Waals surface area contributed by atoms with Crippen molar-refractivity contribution in [1.82, 2.24) is 9.80 Å². The summed E-state index contributed by atoms with van der Waals surface area (Å²) in [6.45, 7) is 10.1. The molecular weight excluding hydrogens is 257 g/mol. The van der Waals surface area contributed by atoms with Crippen LogP contribution in [0, 0.1) is 11.8 Å². The van der Waals surface area contributed by atoms with Gasteiger partial charge in [0.15, 0.2) is 0 Å². The second-order valence-electron chi connectivity index (χ2n) is 4.45. The minimum atomic E-state index is -4.72. The summed E-state index contributed by atoms with van der Waals surface area (Å²) in [5, 5.41) is 0. The molecule has 2 unspecified atom stereocenters. The van der Waals surface area contributed by atoms with Gasteiger partial charge in [0.05, 0.1) is 0 Å². The second kappa shape index (κ2) is 7.72. The van der Waals surface area contributed by atoms with Crippen molar-refractivity contribution < 1.29 is 18.0 Å². The lowest BCUT2D eigenvalue weighted by molar-refractivity contribution is -0.184. The molecule has 2 aliphatic rings. The Labute approximate surface area is 113 Å². The maximum Gasteiger partial charge on any atom is 0.471 e. The van der Waals surface area contributed by atoms with Crippen LogP contribution < -0.4 is 0 Å². The average molecular weight is 282 g/mol. The Balaban J connectivity index is 0.000000741. The van der Waals surface area contributed by atoms with Crippen molar-refractivity contribution in [2.75, 3.05) is 33.2 Å². The molecule has 6 heteroatoms. The molecule has 0 aromatic carbocycles. The summed E-state index contributed by atoms with van der Waals surface area (Å²) in [4.78, 5) is 14.0. The van der Waals surface area contributed by atoms with Crippen molar-refractivity contribution in [3.8, 4) is 0 Å². The molecule has 2 aliphatic heterocycles. The van der Waals surface area contributed by atoms with E-state index in [0.29, 0.717) is 0 Å². The van der Waals surface area contributed by atoms with Crippen LogP contribution in [0.25, 0.3) is 0 Å². The zero-order valence-electron chi connectivity index (χ0n) is 12.4. The molecule has 2 fully saturated rings. The van der Waals surface area contributed by atoms with Crippen LogP contribution in [0.4, 0.5) is 13.2 Å². The molecule has 0 aliphatic carbocycles. The van der Waals surface area contributed by atoms with E-state index in [2.05, 4.69) is 4.90 Å². The molecule has 3 nitrogen and oxygen atoms in total. The Morgan fingerprint density at radius 1 is 0.947 bits per heavy atom. The van der Waals surface area contributed by atoms with Gasteiger partial charge in [-0.1, -0.05) is 27.7 Å². The number of hydrogen-bond acceptors (Lipinski definition) is 2. The van der Waals surface area contributed by atoms with E-state index in [4.69, 9.17) is 0 Å². The fraction of sp³-hybridized carbons (Fsp3) is 0.923. The molecule has 2 saturated heterocycles. The second-order valence-corrected chi connectivity index (χ2v) is 4.45. The van der Waals surface area contributed by atoms with E-state index in [1.54, 1.807) is 0 Å². The molecule has 2 atom stereocenters. The van der Waals surface area contributed by atoms with Gasteiger partial charge in [-0.15, -0.1) is 0 Å². The molecule has 0 bridgehead atoms. The van der Waals surface area contributed by atoms with Gasteiger partial charge in [-0.3, -0.25) is 4.79 Å². The molecular formula is C13H25F3N2O. The first kappa shape index (κ1) is 18.2. The van der Waals surface area contributed by atoms with Crippen LogP contribution in [-0.4, -0.2) is 55.1 Å². The van der Waals surface area contributed by atoms with Gasteiger partial charge in [0.1, 0.15) is 0 Å². The van der Waals surface area contributed by atoms with E-state index in [0.717, 1.165) is 18.0 Å². The van der Waals surface area contributed by atoms with Gasteiger partial charge in [0.25, 0.3) is 0 Å². The number of carbonyl (C=O) groups is 1. The van der Waals surface area contributed by atoms with Gasteiger partial charge in [-0.25, -0.2) is 0 Å². The standard InChI is InChI=1S/C9H13F3N2O.2C2H6/c1-13-2-6-4-14(5-7(6)3-13)8(15)9(10,11)12;2*1-2/h6-7H,2-5H2,1H3;2*1-2H3. The van der Waals surface area contributed by atoms with Crippen LogP contribution in [0.15, 0.2) is 0 Å². The molecule has 0 radical (unpaired) electrons. The first-order chi connectivity index (χ1) is 8.88. The van der Waals surface area contributed by atoms with Crippen LogP contribution in [-0.2, 0) is 4.79 Å². The highest BCUT2D eigenvalue weighted by Crippen LogP contribution is 2.32. The van der Waals surface area contributed by atoms with E-state index in [1.807, 2.05) is 34.7 Å². The molecule has 114 valence electrons. The maximum atomic E-state index is 12.2. The summed E-state index contributed by atoms with van der Waals surface area (Å²) in [7, 11) is 1.95. The monoisotopic (exact) mass is 282 g/mol. The average Bonchev–Trinajstić information content (AvgIpc) is 2.89. The maximum absolute atomic E-state index is 12.2. The largest absolute Gasteiger partial charge is 0.471 e. The first-order valence-electron chi connectivity index (χ1n) is 6.92. The molecule has 2 heterocycles. The lowest BCUT2D eigenvalue weighted by atomic mass is 10.0. The molecule has 0 saturated carbocycles. The quantitative estimate of drug-likeness (QED) is 0.682. The summed E-state index contributed by atoms with van der Waals surface area (Å²) in [6, 6.07) is 0. The Morgan fingerprint density at radius 3 is 1.63 bits per heavy atom. The zero-order chi connectivity index (χ0) is 15.2. The number of halogens is 3. The van der Waals surface area contributed by atoms with Gasteiger partial charge in [-0.05, 0) is 18.9 Å². The van der Waals surface area contributed by atoms with Crippen LogP contribution in [0.3, 0.4) is 0 Å². The molecule has 19 heavy (non-hydrogen) atoms. The Bertz CT molecular complexity index is 268. The number of nitrogens with zero attached hydrogens (tertiary/aromatic N) is 2.